The number of rotatable bonds is 4. The van der Waals surface area contributed by atoms with Crippen molar-refractivity contribution >= 4 is 23.6 Å². The zero-order chi connectivity index (χ0) is 13.4. The first-order valence-corrected chi connectivity index (χ1v) is 6.40. The van der Waals surface area contributed by atoms with Crippen LogP contribution in [0.15, 0.2) is 24.3 Å². The molecule has 1 aromatic carbocycles. The molecule has 1 rings (SSSR count). The molecule has 0 atom stereocenters. The molecule has 0 spiro atoms. The van der Waals surface area contributed by atoms with Crippen LogP contribution in [0, 0.1) is 11.3 Å². The molecule has 2 amide bonds. The van der Waals surface area contributed by atoms with Crippen LogP contribution in [-0.2, 0) is 15.3 Å². The molecule has 0 unspecified atom stereocenters. The summed E-state index contributed by atoms with van der Waals surface area (Å²) in [6.07, 6.45) is 0. The molecule has 0 aromatic heterocycles. The van der Waals surface area contributed by atoms with Crippen molar-refractivity contribution in [3.8, 4) is 6.07 Å². The molecular weight excluding hydrogens is 250 g/mol. The topological polar surface area (TPSA) is 82.0 Å². The molecule has 5 nitrogen and oxygen atoms in total. The van der Waals surface area contributed by atoms with Crippen molar-refractivity contribution in [1.82, 2.24) is 10.9 Å². The van der Waals surface area contributed by atoms with Gasteiger partial charge < -0.3 is 0 Å². The highest BCUT2D eigenvalue weighted by Gasteiger charge is 2.04. The molecule has 0 aliphatic rings. The van der Waals surface area contributed by atoms with Gasteiger partial charge in [-0.15, -0.1) is 11.8 Å². The highest BCUT2D eigenvalue weighted by atomic mass is 32.2. The number of nitrogens with zero attached hydrogens (tertiary/aromatic N) is 1. The monoisotopic (exact) mass is 263 g/mol. The Hall–Kier alpha value is -2.00. The Labute approximate surface area is 110 Å². The molecule has 0 heterocycles. The lowest BCUT2D eigenvalue weighted by atomic mass is 10.1. The van der Waals surface area contributed by atoms with E-state index in [0.717, 1.165) is 5.56 Å². The Morgan fingerprint density at radius 3 is 2.72 bits per heavy atom. The first-order chi connectivity index (χ1) is 8.63. The van der Waals surface area contributed by atoms with Crippen molar-refractivity contribution in [3.63, 3.8) is 0 Å². The van der Waals surface area contributed by atoms with E-state index in [0.29, 0.717) is 11.3 Å². The molecule has 94 valence electrons. The fourth-order valence-corrected chi connectivity index (χ4v) is 2.03. The standard InChI is InChI=1S/C12H13N3O2S/c1-9(16)14-15-12(17)8-18-7-11-5-3-2-4-10(11)6-13/h2-5H,7-8H2,1H3,(H,14,16)(H,15,17). The minimum atomic E-state index is -0.317. The van der Waals surface area contributed by atoms with Crippen LogP contribution in [-0.4, -0.2) is 17.6 Å². The second kappa shape index (κ2) is 7.35. The summed E-state index contributed by atoms with van der Waals surface area (Å²) in [5.41, 5.74) is 6.00. The molecule has 0 saturated carbocycles. The Morgan fingerprint density at radius 1 is 1.33 bits per heavy atom. The smallest absolute Gasteiger partial charge is 0.248 e. The maximum absolute atomic E-state index is 11.3. The van der Waals surface area contributed by atoms with Gasteiger partial charge in [-0.1, -0.05) is 18.2 Å². The zero-order valence-corrected chi connectivity index (χ0v) is 10.7. The van der Waals surface area contributed by atoms with Gasteiger partial charge in [-0.25, -0.2) is 0 Å². The normalized spacial score (nSPS) is 9.33. The van der Waals surface area contributed by atoms with Crippen molar-refractivity contribution in [2.24, 2.45) is 0 Å². The summed E-state index contributed by atoms with van der Waals surface area (Å²) in [6.45, 7) is 1.32. The molecule has 0 radical (unpaired) electrons. The Kier molecular flexibility index (Phi) is 5.74. The minimum absolute atomic E-state index is 0.222. The first kappa shape index (κ1) is 14.1. The molecule has 1 aromatic rings. The van der Waals surface area contributed by atoms with Crippen molar-refractivity contribution in [2.45, 2.75) is 12.7 Å². The van der Waals surface area contributed by atoms with Crippen LogP contribution in [0.5, 0.6) is 0 Å². The third-order valence-electron chi connectivity index (χ3n) is 2.01. The number of nitrogens with one attached hydrogen (secondary N) is 2. The summed E-state index contributed by atoms with van der Waals surface area (Å²) in [6, 6.07) is 9.36. The maximum atomic E-state index is 11.3. The van der Waals surface area contributed by atoms with Crippen molar-refractivity contribution in [1.29, 1.82) is 5.26 Å². The number of thioether (sulfide) groups is 1. The van der Waals surface area contributed by atoms with E-state index in [2.05, 4.69) is 16.9 Å². The van der Waals surface area contributed by atoms with Gasteiger partial charge in [0, 0.05) is 12.7 Å². The van der Waals surface area contributed by atoms with E-state index < -0.39 is 0 Å². The lowest BCUT2D eigenvalue weighted by molar-refractivity contribution is -0.126. The lowest BCUT2D eigenvalue weighted by Gasteiger charge is -2.05. The lowest BCUT2D eigenvalue weighted by Crippen LogP contribution is -2.41. The molecule has 0 aliphatic heterocycles. The molecular formula is C12H13N3O2S. The van der Waals surface area contributed by atoms with Gasteiger partial charge in [-0.2, -0.15) is 5.26 Å². The fourth-order valence-electron chi connectivity index (χ4n) is 1.20. The summed E-state index contributed by atoms with van der Waals surface area (Å²) in [5.74, 6) is 0.213. The Bertz CT molecular complexity index is 482. The molecule has 2 N–H and O–H groups in total. The molecule has 0 fully saturated rings. The minimum Gasteiger partial charge on any atom is -0.274 e. The largest absolute Gasteiger partial charge is 0.274 e. The van der Waals surface area contributed by atoms with E-state index in [1.807, 2.05) is 12.1 Å². The quantitative estimate of drug-likeness (QED) is 0.793. The van der Waals surface area contributed by atoms with Gasteiger partial charge in [0.1, 0.15) is 0 Å². The number of nitriles is 1. The van der Waals surface area contributed by atoms with Gasteiger partial charge in [0.2, 0.25) is 11.8 Å². The number of amides is 2. The van der Waals surface area contributed by atoms with Crippen LogP contribution in [0.2, 0.25) is 0 Å². The SMILES string of the molecule is CC(=O)NNC(=O)CSCc1ccccc1C#N. The highest BCUT2D eigenvalue weighted by molar-refractivity contribution is 7.99. The van der Waals surface area contributed by atoms with Gasteiger partial charge in [0.05, 0.1) is 17.4 Å². The zero-order valence-electron chi connectivity index (χ0n) is 9.90. The molecule has 0 saturated heterocycles. The van der Waals surface area contributed by atoms with E-state index in [-0.39, 0.29) is 17.6 Å². The van der Waals surface area contributed by atoms with Crippen molar-refractivity contribution < 1.29 is 9.59 Å². The van der Waals surface area contributed by atoms with Crippen LogP contribution < -0.4 is 10.9 Å². The average Bonchev–Trinajstić information content (AvgIpc) is 2.37. The van der Waals surface area contributed by atoms with Gasteiger partial charge in [-0.3, -0.25) is 20.4 Å². The van der Waals surface area contributed by atoms with E-state index in [1.54, 1.807) is 12.1 Å². The summed E-state index contributed by atoms with van der Waals surface area (Å²) in [5, 5.41) is 8.89. The van der Waals surface area contributed by atoms with Crippen molar-refractivity contribution in [2.75, 3.05) is 5.75 Å². The molecule has 0 bridgehead atoms. The summed E-state index contributed by atoms with van der Waals surface area (Å²) < 4.78 is 0. The van der Waals surface area contributed by atoms with Gasteiger partial charge in [0.15, 0.2) is 0 Å². The summed E-state index contributed by atoms with van der Waals surface area (Å²) in [7, 11) is 0. The predicted molar refractivity (Wildman–Crippen MR) is 69.3 cm³/mol. The molecule has 0 aliphatic carbocycles. The van der Waals surface area contributed by atoms with Crippen molar-refractivity contribution in [3.05, 3.63) is 35.4 Å². The van der Waals surface area contributed by atoms with Crippen LogP contribution in [0.4, 0.5) is 0 Å². The predicted octanol–water partition coefficient (Wildman–Crippen LogP) is 0.959. The summed E-state index contributed by atoms with van der Waals surface area (Å²) in [4.78, 5) is 21.8. The van der Waals surface area contributed by atoms with E-state index in [4.69, 9.17) is 5.26 Å². The highest BCUT2D eigenvalue weighted by Crippen LogP contribution is 2.15. The van der Waals surface area contributed by atoms with Gasteiger partial charge >= 0.3 is 0 Å². The molecule has 18 heavy (non-hydrogen) atoms. The van der Waals surface area contributed by atoms with Crippen LogP contribution in [0.25, 0.3) is 0 Å². The average molecular weight is 263 g/mol. The van der Waals surface area contributed by atoms with E-state index >= 15 is 0 Å². The fraction of sp³-hybridized carbons (Fsp3) is 0.250. The second-order valence-electron chi connectivity index (χ2n) is 3.49. The third-order valence-corrected chi connectivity index (χ3v) is 2.99. The van der Waals surface area contributed by atoms with E-state index in [9.17, 15) is 9.59 Å². The van der Waals surface area contributed by atoms with Crippen LogP contribution in [0.3, 0.4) is 0 Å². The maximum Gasteiger partial charge on any atom is 0.248 e. The first-order valence-electron chi connectivity index (χ1n) is 5.24. The number of hydrazine groups is 1. The molecule has 6 heteroatoms. The summed E-state index contributed by atoms with van der Waals surface area (Å²) >= 11 is 1.38. The number of benzene rings is 1. The van der Waals surface area contributed by atoms with Crippen LogP contribution in [0.1, 0.15) is 18.1 Å². The number of carbonyl (C=O) groups excluding carboxylic acids is 2. The van der Waals surface area contributed by atoms with E-state index in [1.165, 1.54) is 18.7 Å². The Balaban J connectivity index is 2.36. The number of carbonyl (C=O) groups is 2. The number of hydrogen-bond donors (Lipinski definition) is 2. The Morgan fingerprint density at radius 2 is 2.06 bits per heavy atom. The second-order valence-corrected chi connectivity index (χ2v) is 4.48. The third kappa shape index (κ3) is 4.89. The van der Waals surface area contributed by atoms with Gasteiger partial charge in [0.25, 0.3) is 0 Å². The van der Waals surface area contributed by atoms with Gasteiger partial charge in [-0.05, 0) is 11.6 Å². The van der Waals surface area contributed by atoms with Crippen LogP contribution >= 0.6 is 11.8 Å². The number of hydrogen-bond acceptors (Lipinski definition) is 4.